The molecule has 96 valence electrons. The molecule has 7 nitrogen and oxygen atoms in total. The Bertz CT molecular complexity index is 706. The predicted molar refractivity (Wildman–Crippen MR) is 68.3 cm³/mol. The monoisotopic (exact) mass is 256 g/mol. The van der Waals surface area contributed by atoms with Gasteiger partial charge in [-0.1, -0.05) is 0 Å². The van der Waals surface area contributed by atoms with E-state index in [-0.39, 0.29) is 0 Å². The van der Waals surface area contributed by atoms with Gasteiger partial charge < -0.3 is 4.42 Å². The number of furan rings is 1. The van der Waals surface area contributed by atoms with Crippen LogP contribution in [-0.2, 0) is 0 Å². The van der Waals surface area contributed by atoms with E-state index < -0.39 is 0 Å². The highest BCUT2D eigenvalue weighted by molar-refractivity contribution is 5.75. The molecular weight excluding hydrogens is 244 g/mol. The van der Waals surface area contributed by atoms with Gasteiger partial charge in [-0.3, -0.25) is 0 Å². The minimum atomic E-state index is 0.536. The molecule has 0 N–H and O–H groups in total. The first-order valence-corrected chi connectivity index (χ1v) is 5.75. The van der Waals surface area contributed by atoms with Crippen molar-refractivity contribution in [2.75, 3.05) is 0 Å². The Balaban J connectivity index is 1.97. The van der Waals surface area contributed by atoms with E-state index in [0.717, 1.165) is 11.4 Å². The minimum Gasteiger partial charge on any atom is -0.463 e. The summed E-state index contributed by atoms with van der Waals surface area (Å²) in [6.07, 6.45) is 4.71. The Morgan fingerprint density at radius 1 is 1.37 bits per heavy atom. The first-order valence-electron chi connectivity index (χ1n) is 5.75. The zero-order chi connectivity index (χ0) is 13.2. The molecule has 3 rings (SSSR count). The van der Waals surface area contributed by atoms with E-state index >= 15 is 0 Å². The highest BCUT2D eigenvalue weighted by Gasteiger charge is 2.10. The third-order valence-electron chi connectivity index (χ3n) is 2.56. The molecule has 0 atom stereocenters. The molecule has 0 aromatic carbocycles. The van der Waals surface area contributed by atoms with Crippen LogP contribution in [0.4, 0.5) is 0 Å². The van der Waals surface area contributed by atoms with Crippen LogP contribution in [0, 0.1) is 13.8 Å². The molecule has 3 aromatic heterocycles. The predicted octanol–water partition coefficient (Wildman–Crippen LogP) is 1.56. The number of aryl methyl sites for hydroxylation is 2. The molecule has 0 unspecified atom stereocenters. The number of hydrogen-bond acceptors (Lipinski definition) is 5. The average molecular weight is 256 g/mol. The van der Waals surface area contributed by atoms with E-state index in [9.17, 15) is 0 Å². The van der Waals surface area contributed by atoms with Crippen molar-refractivity contribution in [2.45, 2.75) is 13.8 Å². The topological polar surface area (TPSA) is 74.0 Å². The van der Waals surface area contributed by atoms with Gasteiger partial charge in [0.05, 0.1) is 18.2 Å². The van der Waals surface area contributed by atoms with Gasteiger partial charge in [-0.05, 0) is 32.0 Å². The maximum atomic E-state index is 5.18. The van der Waals surface area contributed by atoms with Crippen LogP contribution < -0.4 is 0 Å². The Morgan fingerprint density at radius 2 is 2.26 bits per heavy atom. The molecule has 0 saturated heterocycles. The molecule has 0 radical (unpaired) electrons. The van der Waals surface area contributed by atoms with Crippen molar-refractivity contribution in [1.29, 1.82) is 0 Å². The molecule has 7 heteroatoms. The van der Waals surface area contributed by atoms with E-state index in [2.05, 4.69) is 20.4 Å². The molecule has 0 aliphatic heterocycles. The number of rotatable bonds is 3. The van der Waals surface area contributed by atoms with Crippen molar-refractivity contribution < 1.29 is 4.42 Å². The molecule has 19 heavy (non-hydrogen) atoms. The summed E-state index contributed by atoms with van der Waals surface area (Å²) in [5.41, 5.74) is 1.89. The fourth-order valence-electron chi connectivity index (χ4n) is 1.76. The lowest BCUT2D eigenvalue weighted by molar-refractivity contribution is 0.559. The maximum Gasteiger partial charge on any atom is 0.273 e. The van der Waals surface area contributed by atoms with Crippen molar-refractivity contribution in [3.05, 3.63) is 47.9 Å². The fourth-order valence-corrected chi connectivity index (χ4v) is 1.76. The zero-order valence-electron chi connectivity index (χ0n) is 10.6. The molecule has 3 aromatic rings. The molecule has 0 aliphatic carbocycles. The lowest BCUT2D eigenvalue weighted by Gasteiger charge is -2.01. The molecule has 0 spiro atoms. The van der Waals surface area contributed by atoms with Crippen molar-refractivity contribution in [3.63, 3.8) is 0 Å². The lowest BCUT2D eigenvalue weighted by Crippen LogP contribution is -2.06. The first-order chi connectivity index (χ1) is 9.24. The molecular formula is C12H12N6O. The Labute approximate surface area is 109 Å². The summed E-state index contributed by atoms with van der Waals surface area (Å²) < 4.78 is 8.42. The minimum absolute atomic E-state index is 0.536. The van der Waals surface area contributed by atoms with Crippen LogP contribution in [0.2, 0.25) is 0 Å². The van der Waals surface area contributed by atoms with Gasteiger partial charge in [-0.2, -0.15) is 14.9 Å². The van der Waals surface area contributed by atoms with Gasteiger partial charge in [-0.15, -0.1) is 10.2 Å². The van der Waals surface area contributed by atoms with Gasteiger partial charge in [0.15, 0.2) is 0 Å². The van der Waals surface area contributed by atoms with Crippen molar-refractivity contribution in [1.82, 2.24) is 24.7 Å². The van der Waals surface area contributed by atoms with Crippen molar-refractivity contribution in [2.24, 2.45) is 5.10 Å². The molecule has 3 heterocycles. The Hall–Kier alpha value is -2.70. The Kier molecular flexibility index (Phi) is 2.71. The number of nitrogens with zero attached hydrogens (tertiary/aromatic N) is 6. The molecule has 0 fully saturated rings. The zero-order valence-corrected chi connectivity index (χ0v) is 10.6. The van der Waals surface area contributed by atoms with Gasteiger partial charge in [0, 0.05) is 5.69 Å². The van der Waals surface area contributed by atoms with Gasteiger partial charge in [0.25, 0.3) is 5.95 Å². The highest BCUT2D eigenvalue weighted by Crippen LogP contribution is 2.09. The largest absolute Gasteiger partial charge is 0.463 e. The standard InChI is InChI=1S/C12H12N6O/c1-9-6-10(2)18(16-9)12-15-13-8-17(12)14-7-11-4-3-5-19-11/h3-8H,1-2H3/b14-7-. The van der Waals surface area contributed by atoms with Crippen molar-refractivity contribution >= 4 is 6.21 Å². The summed E-state index contributed by atoms with van der Waals surface area (Å²) in [5.74, 6) is 1.20. The van der Waals surface area contributed by atoms with Crippen LogP contribution in [0.3, 0.4) is 0 Å². The first kappa shape index (κ1) is 11.4. The molecule has 0 amide bonds. The van der Waals surface area contributed by atoms with E-state index in [1.807, 2.05) is 26.0 Å². The van der Waals surface area contributed by atoms with Gasteiger partial charge in [0.1, 0.15) is 12.1 Å². The second kappa shape index (κ2) is 4.52. The third-order valence-corrected chi connectivity index (χ3v) is 2.56. The molecule has 0 saturated carbocycles. The second-order valence-corrected chi connectivity index (χ2v) is 4.07. The van der Waals surface area contributed by atoms with Crippen LogP contribution >= 0.6 is 0 Å². The molecule has 0 bridgehead atoms. The van der Waals surface area contributed by atoms with Crippen molar-refractivity contribution in [3.8, 4) is 5.95 Å². The summed E-state index contributed by atoms with van der Waals surface area (Å²) >= 11 is 0. The number of hydrogen-bond donors (Lipinski definition) is 0. The van der Waals surface area contributed by atoms with Gasteiger partial charge in [0.2, 0.25) is 0 Å². The van der Waals surface area contributed by atoms with E-state index in [1.165, 1.54) is 6.33 Å². The van der Waals surface area contributed by atoms with E-state index in [4.69, 9.17) is 4.42 Å². The normalized spacial score (nSPS) is 11.5. The van der Waals surface area contributed by atoms with Crippen LogP contribution in [0.1, 0.15) is 17.1 Å². The highest BCUT2D eigenvalue weighted by atomic mass is 16.3. The fraction of sp³-hybridized carbons (Fsp3) is 0.167. The summed E-state index contributed by atoms with van der Waals surface area (Å²) in [7, 11) is 0. The molecule has 0 aliphatic rings. The summed E-state index contributed by atoms with van der Waals surface area (Å²) in [4.78, 5) is 0. The summed E-state index contributed by atoms with van der Waals surface area (Å²) in [6.45, 7) is 3.88. The van der Waals surface area contributed by atoms with Crippen LogP contribution in [0.25, 0.3) is 5.95 Å². The smallest absolute Gasteiger partial charge is 0.273 e. The summed E-state index contributed by atoms with van der Waals surface area (Å²) in [5, 5.41) is 16.5. The quantitative estimate of drug-likeness (QED) is 0.666. The third kappa shape index (κ3) is 2.17. The lowest BCUT2D eigenvalue weighted by atomic mass is 10.4. The van der Waals surface area contributed by atoms with Crippen LogP contribution in [0.5, 0.6) is 0 Å². The average Bonchev–Trinajstić information content (AvgIpc) is 3.07. The maximum absolute atomic E-state index is 5.18. The second-order valence-electron chi connectivity index (χ2n) is 4.07. The SMILES string of the molecule is Cc1cc(C)n(-c2nncn2/N=C\c2ccco2)n1. The van der Waals surface area contributed by atoms with Gasteiger partial charge >= 0.3 is 0 Å². The van der Waals surface area contributed by atoms with Crippen LogP contribution in [0.15, 0.2) is 40.3 Å². The van der Waals surface area contributed by atoms with E-state index in [0.29, 0.717) is 11.7 Å². The number of aromatic nitrogens is 5. The van der Waals surface area contributed by atoms with E-state index in [1.54, 1.807) is 27.9 Å². The Morgan fingerprint density at radius 3 is 2.95 bits per heavy atom. The van der Waals surface area contributed by atoms with Crippen LogP contribution in [-0.4, -0.2) is 30.9 Å². The van der Waals surface area contributed by atoms with Gasteiger partial charge in [-0.25, -0.2) is 4.68 Å². The summed E-state index contributed by atoms with van der Waals surface area (Å²) in [6, 6.07) is 5.58.